The van der Waals surface area contributed by atoms with E-state index in [1.54, 1.807) is 12.3 Å². The molecule has 1 atom stereocenters. The number of nitrogens with one attached hydrogen (secondary N) is 1. The molecule has 0 bridgehead atoms. The van der Waals surface area contributed by atoms with Gasteiger partial charge in [0.15, 0.2) is 5.82 Å². The SMILES string of the molecule is CC(C)(C)c1noc(CN(Cc2nccc(N)n2)C2CCCNCC2)n1.Cl. The molecule has 150 valence electrons. The van der Waals surface area contributed by atoms with Gasteiger partial charge < -0.3 is 15.6 Å². The molecule has 0 radical (unpaired) electrons. The second-order valence-corrected chi connectivity index (χ2v) is 7.90. The maximum atomic E-state index is 5.82. The van der Waals surface area contributed by atoms with Crippen LogP contribution in [0, 0.1) is 0 Å². The minimum absolute atomic E-state index is 0. The van der Waals surface area contributed by atoms with Crippen LogP contribution in [0.5, 0.6) is 0 Å². The quantitative estimate of drug-likeness (QED) is 0.794. The van der Waals surface area contributed by atoms with Gasteiger partial charge in [0, 0.05) is 17.7 Å². The van der Waals surface area contributed by atoms with E-state index in [1.807, 2.05) is 0 Å². The Morgan fingerprint density at radius 3 is 2.74 bits per heavy atom. The molecule has 1 aliphatic rings. The lowest BCUT2D eigenvalue weighted by molar-refractivity contribution is 0.140. The van der Waals surface area contributed by atoms with Gasteiger partial charge >= 0.3 is 0 Å². The van der Waals surface area contributed by atoms with E-state index in [-0.39, 0.29) is 17.8 Å². The number of nitrogen functional groups attached to an aromatic ring is 1. The van der Waals surface area contributed by atoms with Gasteiger partial charge in [0.1, 0.15) is 11.6 Å². The molecule has 1 aliphatic heterocycles. The lowest BCUT2D eigenvalue weighted by Gasteiger charge is -2.29. The van der Waals surface area contributed by atoms with Crippen molar-refractivity contribution in [3.63, 3.8) is 0 Å². The van der Waals surface area contributed by atoms with Crippen LogP contribution in [-0.2, 0) is 18.5 Å². The molecule has 8 nitrogen and oxygen atoms in total. The zero-order chi connectivity index (χ0) is 18.6. The number of rotatable bonds is 5. The maximum Gasteiger partial charge on any atom is 0.240 e. The van der Waals surface area contributed by atoms with Crippen molar-refractivity contribution in [1.29, 1.82) is 0 Å². The molecule has 0 saturated carbocycles. The third kappa shape index (κ3) is 6.12. The standard InChI is InChI=1S/C18H29N7O.ClH/c1-18(2,3)17-23-16(26-24-17)12-25(13-5-4-8-20-9-6-13)11-15-21-10-7-14(19)22-15;/h7,10,13,20H,4-6,8-9,11-12H2,1-3H3,(H2,19,21,22);1H. The summed E-state index contributed by atoms with van der Waals surface area (Å²) in [7, 11) is 0. The van der Waals surface area contributed by atoms with Gasteiger partial charge in [-0.3, -0.25) is 4.90 Å². The van der Waals surface area contributed by atoms with Gasteiger partial charge in [0.2, 0.25) is 5.89 Å². The van der Waals surface area contributed by atoms with Crippen LogP contribution in [0.1, 0.15) is 57.6 Å². The third-order valence-electron chi connectivity index (χ3n) is 4.61. The van der Waals surface area contributed by atoms with Crippen molar-refractivity contribution in [2.45, 2.75) is 64.6 Å². The Morgan fingerprint density at radius 2 is 2.04 bits per heavy atom. The Balaban J connectivity index is 0.00000261. The summed E-state index contributed by atoms with van der Waals surface area (Å²) in [4.78, 5) is 15.7. The lowest BCUT2D eigenvalue weighted by Crippen LogP contribution is -2.35. The van der Waals surface area contributed by atoms with Crippen molar-refractivity contribution in [2.75, 3.05) is 18.8 Å². The predicted octanol–water partition coefficient (Wildman–Crippen LogP) is 2.31. The molecular weight excluding hydrogens is 366 g/mol. The van der Waals surface area contributed by atoms with Crippen molar-refractivity contribution in [2.24, 2.45) is 0 Å². The summed E-state index contributed by atoms with van der Waals surface area (Å²) >= 11 is 0. The van der Waals surface area contributed by atoms with Gasteiger partial charge in [-0.1, -0.05) is 25.9 Å². The highest BCUT2D eigenvalue weighted by Gasteiger charge is 2.26. The topological polar surface area (TPSA) is 106 Å². The normalized spacial score (nSPS) is 18.1. The zero-order valence-electron chi connectivity index (χ0n) is 16.3. The molecule has 0 spiro atoms. The van der Waals surface area contributed by atoms with E-state index in [0.29, 0.717) is 30.8 Å². The first-order chi connectivity index (χ1) is 12.4. The molecule has 0 aliphatic carbocycles. The Labute approximate surface area is 166 Å². The van der Waals surface area contributed by atoms with Crippen LogP contribution >= 0.6 is 12.4 Å². The second-order valence-electron chi connectivity index (χ2n) is 7.90. The Kier molecular flexibility index (Phi) is 7.52. The van der Waals surface area contributed by atoms with Crippen LogP contribution < -0.4 is 11.1 Å². The minimum Gasteiger partial charge on any atom is -0.384 e. The molecule has 0 aromatic carbocycles. The van der Waals surface area contributed by atoms with Crippen molar-refractivity contribution in [1.82, 2.24) is 30.3 Å². The summed E-state index contributed by atoms with van der Waals surface area (Å²) in [6.45, 7) is 9.52. The van der Waals surface area contributed by atoms with Gasteiger partial charge in [-0.05, 0) is 38.4 Å². The van der Waals surface area contributed by atoms with E-state index in [4.69, 9.17) is 10.3 Å². The summed E-state index contributed by atoms with van der Waals surface area (Å²) in [6.07, 6.45) is 5.04. The highest BCUT2D eigenvalue weighted by atomic mass is 35.5. The maximum absolute atomic E-state index is 5.82. The monoisotopic (exact) mass is 395 g/mol. The largest absolute Gasteiger partial charge is 0.384 e. The van der Waals surface area contributed by atoms with Crippen LogP contribution in [0.3, 0.4) is 0 Å². The molecule has 27 heavy (non-hydrogen) atoms. The number of hydrogen-bond donors (Lipinski definition) is 2. The zero-order valence-corrected chi connectivity index (χ0v) is 17.1. The first kappa shape index (κ1) is 21.5. The van der Waals surface area contributed by atoms with Gasteiger partial charge in [-0.15, -0.1) is 12.4 Å². The molecule has 1 unspecified atom stereocenters. The minimum atomic E-state index is -0.129. The summed E-state index contributed by atoms with van der Waals surface area (Å²) in [5, 5.41) is 7.61. The summed E-state index contributed by atoms with van der Waals surface area (Å²) < 4.78 is 5.52. The van der Waals surface area contributed by atoms with Crippen LogP contribution in [0.4, 0.5) is 5.82 Å². The fourth-order valence-corrected chi connectivity index (χ4v) is 3.15. The van der Waals surface area contributed by atoms with E-state index in [9.17, 15) is 0 Å². The lowest BCUT2D eigenvalue weighted by atomic mass is 9.96. The van der Waals surface area contributed by atoms with Gasteiger partial charge in [0.05, 0.1) is 13.1 Å². The summed E-state index contributed by atoms with van der Waals surface area (Å²) in [5.74, 6) is 2.58. The van der Waals surface area contributed by atoms with E-state index in [1.165, 1.54) is 0 Å². The molecule has 2 aromatic heterocycles. The average Bonchev–Trinajstić information content (AvgIpc) is 2.89. The fourth-order valence-electron chi connectivity index (χ4n) is 3.15. The fraction of sp³-hybridized carbons (Fsp3) is 0.667. The Hall–Kier alpha value is -1.77. The van der Waals surface area contributed by atoms with Crippen molar-refractivity contribution in [3.05, 3.63) is 29.8 Å². The molecule has 3 heterocycles. The average molecular weight is 396 g/mol. The number of aromatic nitrogens is 4. The number of nitrogens with two attached hydrogens (primary N) is 1. The number of hydrogen-bond acceptors (Lipinski definition) is 8. The molecule has 1 saturated heterocycles. The van der Waals surface area contributed by atoms with Crippen LogP contribution in [0.2, 0.25) is 0 Å². The molecule has 3 N–H and O–H groups in total. The van der Waals surface area contributed by atoms with Gasteiger partial charge in [0.25, 0.3) is 0 Å². The molecule has 0 amide bonds. The van der Waals surface area contributed by atoms with Crippen LogP contribution in [-0.4, -0.2) is 44.1 Å². The number of nitrogens with zero attached hydrogens (tertiary/aromatic N) is 5. The van der Waals surface area contributed by atoms with E-state index < -0.39 is 0 Å². The van der Waals surface area contributed by atoms with Crippen molar-refractivity contribution in [3.8, 4) is 0 Å². The van der Waals surface area contributed by atoms with Crippen molar-refractivity contribution >= 4 is 18.2 Å². The van der Waals surface area contributed by atoms with Crippen molar-refractivity contribution < 1.29 is 4.52 Å². The third-order valence-corrected chi connectivity index (χ3v) is 4.61. The summed E-state index contributed by atoms with van der Waals surface area (Å²) in [6, 6.07) is 2.12. The molecule has 3 rings (SSSR count). The van der Waals surface area contributed by atoms with E-state index in [0.717, 1.165) is 44.0 Å². The molecule has 9 heteroatoms. The molecule has 1 fully saturated rings. The molecular formula is C18H30ClN7O. The first-order valence-electron chi connectivity index (χ1n) is 9.27. The second kappa shape index (κ2) is 9.43. The van der Waals surface area contributed by atoms with Gasteiger partial charge in [-0.25, -0.2) is 9.97 Å². The van der Waals surface area contributed by atoms with Gasteiger partial charge in [-0.2, -0.15) is 4.98 Å². The van der Waals surface area contributed by atoms with E-state index in [2.05, 4.69) is 51.1 Å². The van der Waals surface area contributed by atoms with E-state index >= 15 is 0 Å². The number of halogens is 1. The predicted molar refractivity (Wildman–Crippen MR) is 106 cm³/mol. The highest BCUT2D eigenvalue weighted by molar-refractivity contribution is 5.85. The smallest absolute Gasteiger partial charge is 0.240 e. The van der Waals surface area contributed by atoms with Crippen LogP contribution in [0.25, 0.3) is 0 Å². The molecule has 2 aromatic rings. The Morgan fingerprint density at radius 1 is 1.22 bits per heavy atom. The number of anilines is 1. The van der Waals surface area contributed by atoms with Crippen LogP contribution in [0.15, 0.2) is 16.8 Å². The Bertz CT molecular complexity index is 708. The first-order valence-corrected chi connectivity index (χ1v) is 9.27. The summed E-state index contributed by atoms with van der Waals surface area (Å²) in [5.41, 5.74) is 5.69. The highest BCUT2D eigenvalue weighted by Crippen LogP contribution is 2.22.